The topological polar surface area (TPSA) is 102 Å². The Morgan fingerprint density at radius 2 is 2.30 bits per heavy atom. The van der Waals surface area contributed by atoms with Gasteiger partial charge in [-0.3, -0.25) is 9.59 Å². The Bertz CT molecular complexity index is 523. The Morgan fingerprint density at radius 1 is 1.50 bits per heavy atom. The number of likely N-dealkylation sites (tertiary alicyclic amines) is 1. The molecule has 1 fully saturated rings. The van der Waals surface area contributed by atoms with Crippen LogP contribution in [0.15, 0.2) is 16.6 Å². The second-order valence-corrected chi connectivity index (χ2v) is 4.77. The molecular weight excluding hydrogens is 260 g/mol. The number of rotatable bonds is 4. The first-order chi connectivity index (χ1) is 9.61. The number of hydrogen-bond acceptors (Lipinski definition) is 5. The summed E-state index contributed by atoms with van der Waals surface area (Å²) >= 11 is 0. The molecule has 108 valence electrons. The first kappa shape index (κ1) is 14.2. The van der Waals surface area contributed by atoms with Crippen LogP contribution in [0.5, 0.6) is 0 Å². The lowest BCUT2D eigenvalue weighted by Crippen LogP contribution is -2.44. The molecule has 1 atom stereocenters. The van der Waals surface area contributed by atoms with Gasteiger partial charge < -0.3 is 15.1 Å². The van der Waals surface area contributed by atoms with Crippen LogP contribution in [0.2, 0.25) is 0 Å². The van der Waals surface area contributed by atoms with Crippen molar-refractivity contribution in [3.8, 4) is 0 Å². The van der Waals surface area contributed by atoms with Gasteiger partial charge in [0, 0.05) is 19.5 Å². The predicted octanol–water partition coefficient (Wildman–Crippen LogP) is 0.526. The van der Waals surface area contributed by atoms with Gasteiger partial charge in [0.25, 0.3) is 0 Å². The van der Waals surface area contributed by atoms with E-state index in [1.54, 1.807) is 4.90 Å². The normalized spacial score (nSPS) is 19.4. The van der Waals surface area contributed by atoms with Crippen molar-refractivity contribution >= 4 is 11.8 Å². The van der Waals surface area contributed by atoms with Crippen LogP contribution >= 0.6 is 0 Å². The fourth-order valence-electron chi connectivity index (χ4n) is 2.17. The number of amides is 2. The number of carbonyl (C=O) groups is 2. The van der Waals surface area contributed by atoms with Crippen molar-refractivity contribution in [1.29, 1.82) is 0 Å². The minimum absolute atomic E-state index is 0.0328. The summed E-state index contributed by atoms with van der Waals surface area (Å²) in [5.74, 6) is -0.639. The average Bonchev–Trinajstić information content (AvgIpc) is 2.93. The predicted molar refractivity (Wildman–Crippen MR) is 70.6 cm³/mol. The van der Waals surface area contributed by atoms with Gasteiger partial charge in [0.1, 0.15) is 0 Å². The maximum atomic E-state index is 12.2. The molecule has 2 rings (SSSR count). The largest absolute Gasteiger partial charge is 0.417 e. The number of hydrogen-bond donors (Lipinski definition) is 1. The first-order valence-electron chi connectivity index (χ1n) is 6.64. The fraction of sp³-hybridized carbons (Fsp3) is 0.538. The van der Waals surface area contributed by atoms with E-state index in [2.05, 4.69) is 10.2 Å². The van der Waals surface area contributed by atoms with E-state index < -0.39 is 0 Å². The third kappa shape index (κ3) is 3.23. The monoisotopic (exact) mass is 278 g/mol. The van der Waals surface area contributed by atoms with Crippen molar-refractivity contribution in [2.45, 2.75) is 26.2 Å². The number of allylic oxidation sites excluding steroid dienone is 2. The summed E-state index contributed by atoms with van der Waals surface area (Å²) in [7, 11) is 0. The van der Waals surface area contributed by atoms with Gasteiger partial charge in [-0.05, 0) is 19.8 Å². The third-order valence-electron chi connectivity index (χ3n) is 3.29. The highest BCUT2D eigenvalue weighted by molar-refractivity contribution is 5.90. The van der Waals surface area contributed by atoms with E-state index >= 15 is 0 Å². The lowest BCUT2D eigenvalue weighted by atomic mass is 9.97. The maximum Gasteiger partial charge on any atom is 0.311 e. The van der Waals surface area contributed by atoms with Crippen LogP contribution in [0.3, 0.4) is 0 Å². The van der Waals surface area contributed by atoms with Crippen LogP contribution in [-0.2, 0) is 11.2 Å². The van der Waals surface area contributed by atoms with Crippen molar-refractivity contribution in [2.24, 2.45) is 11.7 Å². The van der Waals surface area contributed by atoms with Gasteiger partial charge in [0.05, 0.1) is 5.92 Å². The molecule has 0 spiro atoms. The number of nitrogens with zero attached hydrogens (tertiary/aromatic N) is 3. The molecule has 0 aromatic carbocycles. The van der Waals surface area contributed by atoms with Crippen molar-refractivity contribution in [3.63, 3.8) is 0 Å². The standard InChI is InChI=1S/C13H18N4O3/c1-2-3-6-10-15-16-12(20-10)13(19)17-7-4-5-9(8-17)11(14)18/h2-3,9H,4-8H2,1H3,(H2,14,18). The Balaban J connectivity index is 2.03. The van der Waals surface area contributed by atoms with Crippen molar-refractivity contribution < 1.29 is 14.0 Å². The molecule has 0 bridgehead atoms. The van der Waals surface area contributed by atoms with Crippen LogP contribution in [-0.4, -0.2) is 40.0 Å². The smallest absolute Gasteiger partial charge is 0.311 e. The van der Waals surface area contributed by atoms with E-state index in [1.165, 1.54) is 0 Å². The molecule has 1 aliphatic heterocycles. The quantitative estimate of drug-likeness (QED) is 0.809. The Kier molecular flexibility index (Phi) is 4.49. The Labute approximate surface area is 116 Å². The summed E-state index contributed by atoms with van der Waals surface area (Å²) in [6.45, 7) is 2.79. The Hall–Kier alpha value is -2.18. The molecule has 2 amide bonds. The van der Waals surface area contributed by atoms with Crippen molar-refractivity contribution in [2.75, 3.05) is 13.1 Å². The zero-order chi connectivity index (χ0) is 14.5. The van der Waals surface area contributed by atoms with Gasteiger partial charge in [0.15, 0.2) is 0 Å². The van der Waals surface area contributed by atoms with E-state index in [4.69, 9.17) is 10.2 Å². The maximum absolute atomic E-state index is 12.2. The van der Waals surface area contributed by atoms with Gasteiger partial charge in [-0.25, -0.2) is 0 Å². The molecular formula is C13H18N4O3. The molecule has 0 aliphatic carbocycles. The molecule has 7 heteroatoms. The molecule has 1 saturated heterocycles. The van der Waals surface area contributed by atoms with E-state index in [0.717, 1.165) is 12.8 Å². The molecule has 0 saturated carbocycles. The van der Waals surface area contributed by atoms with E-state index in [0.29, 0.717) is 25.4 Å². The third-order valence-corrected chi connectivity index (χ3v) is 3.29. The van der Waals surface area contributed by atoms with Gasteiger partial charge in [-0.15, -0.1) is 10.2 Å². The summed E-state index contributed by atoms with van der Waals surface area (Å²) in [6, 6.07) is 0. The van der Waals surface area contributed by atoms with Gasteiger partial charge >= 0.3 is 11.8 Å². The van der Waals surface area contributed by atoms with Crippen molar-refractivity contribution in [3.05, 3.63) is 23.9 Å². The van der Waals surface area contributed by atoms with Crippen LogP contribution in [0.1, 0.15) is 36.3 Å². The summed E-state index contributed by atoms with van der Waals surface area (Å²) in [5, 5.41) is 7.57. The lowest BCUT2D eigenvalue weighted by Gasteiger charge is -2.30. The van der Waals surface area contributed by atoms with E-state index in [-0.39, 0.29) is 23.6 Å². The van der Waals surface area contributed by atoms with Gasteiger partial charge in [-0.1, -0.05) is 12.2 Å². The van der Waals surface area contributed by atoms with Gasteiger partial charge in [-0.2, -0.15) is 0 Å². The molecule has 1 aromatic heterocycles. The molecule has 1 unspecified atom stereocenters. The summed E-state index contributed by atoms with van der Waals surface area (Å²) in [4.78, 5) is 25.0. The highest BCUT2D eigenvalue weighted by Gasteiger charge is 2.30. The Morgan fingerprint density at radius 3 is 3.00 bits per heavy atom. The van der Waals surface area contributed by atoms with E-state index in [1.807, 2.05) is 19.1 Å². The van der Waals surface area contributed by atoms with Crippen LogP contribution in [0.25, 0.3) is 0 Å². The average molecular weight is 278 g/mol. The molecule has 1 aromatic rings. The summed E-state index contributed by atoms with van der Waals surface area (Å²) in [5.41, 5.74) is 5.29. The fourth-order valence-corrected chi connectivity index (χ4v) is 2.17. The second-order valence-electron chi connectivity index (χ2n) is 4.77. The summed E-state index contributed by atoms with van der Waals surface area (Å²) in [6.07, 6.45) is 5.70. The minimum atomic E-state index is -0.373. The molecule has 2 heterocycles. The van der Waals surface area contributed by atoms with E-state index in [9.17, 15) is 9.59 Å². The number of piperidine rings is 1. The highest BCUT2D eigenvalue weighted by atomic mass is 16.4. The number of carbonyl (C=O) groups excluding carboxylic acids is 2. The van der Waals surface area contributed by atoms with Crippen molar-refractivity contribution in [1.82, 2.24) is 15.1 Å². The molecule has 1 aliphatic rings. The first-order valence-corrected chi connectivity index (χ1v) is 6.64. The minimum Gasteiger partial charge on any atom is -0.417 e. The second kappa shape index (κ2) is 6.31. The van der Waals surface area contributed by atoms with Crippen LogP contribution < -0.4 is 5.73 Å². The van der Waals surface area contributed by atoms with Gasteiger partial charge in [0.2, 0.25) is 11.8 Å². The molecule has 2 N–H and O–H groups in total. The molecule has 0 radical (unpaired) electrons. The molecule has 20 heavy (non-hydrogen) atoms. The van der Waals surface area contributed by atoms with Crippen LogP contribution in [0, 0.1) is 5.92 Å². The lowest BCUT2D eigenvalue weighted by molar-refractivity contribution is -0.123. The molecule has 7 nitrogen and oxygen atoms in total. The van der Waals surface area contributed by atoms with Crippen LogP contribution in [0.4, 0.5) is 0 Å². The zero-order valence-corrected chi connectivity index (χ0v) is 11.4. The SMILES string of the molecule is CC=CCc1nnc(C(=O)N2CCCC(C(N)=O)C2)o1. The number of aromatic nitrogens is 2. The number of primary amides is 1. The highest BCUT2D eigenvalue weighted by Crippen LogP contribution is 2.18. The zero-order valence-electron chi connectivity index (χ0n) is 11.4. The summed E-state index contributed by atoms with van der Waals surface area (Å²) < 4.78 is 5.32. The number of nitrogens with two attached hydrogens (primary N) is 1.